The zero-order valence-electron chi connectivity index (χ0n) is 17.6. The van der Waals surface area contributed by atoms with Gasteiger partial charge in [0.1, 0.15) is 5.60 Å². The molecule has 6 nitrogen and oxygen atoms in total. The van der Waals surface area contributed by atoms with Gasteiger partial charge in [-0.05, 0) is 42.8 Å². The van der Waals surface area contributed by atoms with Crippen LogP contribution in [-0.2, 0) is 23.5 Å². The van der Waals surface area contributed by atoms with Crippen LogP contribution in [0.5, 0.6) is 0 Å². The minimum Gasteiger partial charge on any atom is -0.383 e. The van der Waals surface area contributed by atoms with Crippen LogP contribution in [0.2, 0.25) is 0 Å². The molecule has 1 amide bonds. The molecular formula is C22H31IN4O2S. The number of guanidine groups is 1. The van der Waals surface area contributed by atoms with E-state index in [0.717, 1.165) is 17.8 Å². The Hall–Kier alpha value is -1.65. The predicted molar refractivity (Wildman–Crippen MR) is 133 cm³/mol. The molecule has 1 unspecified atom stereocenters. The van der Waals surface area contributed by atoms with E-state index in [2.05, 4.69) is 27.8 Å². The second-order valence-corrected chi connectivity index (χ2v) is 8.44. The second-order valence-electron chi connectivity index (χ2n) is 7.50. The van der Waals surface area contributed by atoms with Gasteiger partial charge in [-0.1, -0.05) is 30.3 Å². The maximum atomic E-state index is 12.5. The molecule has 0 fully saturated rings. The van der Waals surface area contributed by atoms with Gasteiger partial charge in [-0.3, -0.25) is 4.79 Å². The highest BCUT2D eigenvalue weighted by molar-refractivity contribution is 14.0. The summed E-state index contributed by atoms with van der Waals surface area (Å²) in [5.41, 5.74) is 1.51. The number of aliphatic hydroxyl groups is 1. The van der Waals surface area contributed by atoms with Crippen molar-refractivity contribution in [2.45, 2.75) is 45.4 Å². The Labute approximate surface area is 199 Å². The first kappa shape index (κ1) is 24.6. The highest BCUT2D eigenvalue weighted by Gasteiger charge is 2.24. The van der Waals surface area contributed by atoms with E-state index in [1.807, 2.05) is 41.5 Å². The van der Waals surface area contributed by atoms with E-state index in [1.165, 1.54) is 22.5 Å². The standard InChI is InChI=1S/C22H30N4O2S.HI/c1-3-23-21(25-16-22(2,28)19-10-7-13-29-19)24-12-6-11-20(27)26-14-17-8-4-5-9-18(17)15-26;/h4-5,7-10,13,28H,3,6,11-12,14-16H2,1-2H3,(H2,23,24,25);1H. The number of hydrogen-bond acceptors (Lipinski definition) is 4. The third-order valence-electron chi connectivity index (χ3n) is 4.99. The first-order valence-electron chi connectivity index (χ1n) is 10.1. The van der Waals surface area contributed by atoms with Gasteiger partial charge in [0.2, 0.25) is 5.91 Å². The van der Waals surface area contributed by atoms with Crippen LogP contribution in [0.15, 0.2) is 46.8 Å². The molecule has 0 aliphatic carbocycles. The summed E-state index contributed by atoms with van der Waals surface area (Å²) in [6.45, 7) is 6.86. The van der Waals surface area contributed by atoms with Crippen molar-refractivity contribution in [1.82, 2.24) is 15.5 Å². The summed E-state index contributed by atoms with van der Waals surface area (Å²) in [4.78, 5) is 19.8. The number of benzene rings is 1. The summed E-state index contributed by atoms with van der Waals surface area (Å²) in [6, 6.07) is 12.1. The van der Waals surface area contributed by atoms with Crippen molar-refractivity contribution in [1.29, 1.82) is 0 Å². The van der Waals surface area contributed by atoms with Crippen LogP contribution in [0.1, 0.15) is 42.7 Å². The first-order chi connectivity index (χ1) is 14.0. The van der Waals surface area contributed by atoms with Crippen molar-refractivity contribution >= 4 is 47.2 Å². The normalized spacial score (nSPS) is 15.2. The van der Waals surface area contributed by atoms with Gasteiger partial charge in [-0.25, -0.2) is 4.99 Å². The molecule has 1 aromatic carbocycles. The van der Waals surface area contributed by atoms with E-state index in [-0.39, 0.29) is 36.4 Å². The lowest BCUT2D eigenvalue weighted by Crippen LogP contribution is -2.39. The quantitative estimate of drug-likeness (QED) is 0.207. The van der Waals surface area contributed by atoms with Crippen molar-refractivity contribution < 1.29 is 9.90 Å². The Balaban J connectivity index is 0.00000320. The highest BCUT2D eigenvalue weighted by Crippen LogP contribution is 2.25. The van der Waals surface area contributed by atoms with Gasteiger partial charge in [0.15, 0.2) is 5.96 Å². The average molecular weight is 542 g/mol. The fourth-order valence-corrected chi connectivity index (χ4v) is 4.13. The highest BCUT2D eigenvalue weighted by atomic mass is 127. The fourth-order valence-electron chi connectivity index (χ4n) is 3.35. The van der Waals surface area contributed by atoms with Gasteiger partial charge in [-0.15, -0.1) is 35.3 Å². The molecule has 1 atom stereocenters. The molecule has 0 spiro atoms. The lowest BCUT2D eigenvalue weighted by Gasteiger charge is -2.20. The van der Waals surface area contributed by atoms with Crippen molar-refractivity contribution in [2.75, 3.05) is 19.6 Å². The van der Waals surface area contributed by atoms with Gasteiger partial charge in [0, 0.05) is 37.5 Å². The van der Waals surface area contributed by atoms with Gasteiger partial charge in [-0.2, -0.15) is 0 Å². The summed E-state index contributed by atoms with van der Waals surface area (Å²) >= 11 is 1.52. The summed E-state index contributed by atoms with van der Waals surface area (Å²) in [5, 5.41) is 19.0. The number of nitrogens with one attached hydrogen (secondary N) is 2. The molecule has 164 valence electrons. The smallest absolute Gasteiger partial charge is 0.223 e. The van der Waals surface area contributed by atoms with Gasteiger partial charge in [0.25, 0.3) is 0 Å². The molecule has 3 N–H and O–H groups in total. The van der Waals surface area contributed by atoms with Crippen molar-refractivity contribution in [3.8, 4) is 0 Å². The monoisotopic (exact) mass is 542 g/mol. The number of amides is 1. The summed E-state index contributed by atoms with van der Waals surface area (Å²) in [5.74, 6) is 0.843. The molecule has 1 aliphatic heterocycles. The third-order valence-corrected chi connectivity index (χ3v) is 6.12. The summed E-state index contributed by atoms with van der Waals surface area (Å²) < 4.78 is 0. The van der Waals surface area contributed by atoms with E-state index in [4.69, 9.17) is 0 Å². The number of carbonyl (C=O) groups is 1. The zero-order valence-corrected chi connectivity index (χ0v) is 20.7. The zero-order chi connectivity index (χ0) is 20.7. The molecule has 30 heavy (non-hydrogen) atoms. The molecular weight excluding hydrogens is 511 g/mol. The van der Waals surface area contributed by atoms with E-state index < -0.39 is 5.60 Å². The SMILES string of the molecule is CCNC(=NCC(C)(O)c1cccs1)NCCCC(=O)N1Cc2ccccc2C1.I. The molecule has 0 saturated carbocycles. The minimum atomic E-state index is -0.989. The number of carbonyl (C=O) groups excluding carboxylic acids is 1. The summed E-state index contributed by atoms with van der Waals surface area (Å²) in [7, 11) is 0. The Morgan fingerprint density at radius 1 is 1.20 bits per heavy atom. The Morgan fingerprint density at radius 2 is 1.90 bits per heavy atom. The number of hydrogen-bond donors (Lipinski definition) is 3. The largest absolute Gasteiger partial charge is 0.383 e. The van der Waals surface area contributed by atoms with Crippen LogP contribution in [-0.4, -0.2) is 41.5 Å². The lowest BCUT2D eigenvalue weighted by molar-refractivity contribution is -0.131. The van der Waals surface area contributed by atoms with E-state index >= 15 is 0 Å². The first-order valence-corrected chi connectivity index (χ1v) is 11.0. The van der Waals surface area contributed by atoms with Crippen LogP contribution < -0.4 is 10.6 Å². The van der Waals surface area contributed by atoms with E-state index in [0.29, 0.717) is 32.0 Å². The molecule has 0 saturated heterocycles. The number of thiophene rings is 1. The van der Waals surface area contributed by atoms with Crippen LogP contribution in [0.4, 0.5) is 0 Å². The number of fused-ring (bicyclic) bond motifs is 1. The molecule has 2 aromatic rings. The van der Waals surface area contributed by atoms with E-state index in [9.17, 15) is 9.90 Å². The molecule has 0 radical (unpaired) electrons. The molecule has 2 heterocycles. The Bertz CT molecular complexity index is 814. The van der Waals surface area contributed by atoms with Crippen molar-refractivity contribution in [3.05, 3.63) is 57.8 Å². The van der Waals surface area contributed by atoms with E-state index in [1.54, 1.807) is 6.92 Å². The third kappa shape index (κ3) is 6.68. The molecule has 1 aromatic heterocycles. The molecule has 0 bridgehead atoms. The minimum absolute atomic E-state index is 0. The lowest BCUT2D eigenvalue weighted by atomic mass is 10.1. The average Bonchev–Trinajstić information content (AvgIpc) is 3.39. The number of nitrogens with zero attached hydrogens (tertiary/aromatic N) is 2. The Morgan fingerprint density at radius 3 is 2.50 bits per heavy atom. The fraction of sp³-hybridized carbons (Fsp3) is 0.455. The van der Waals surface area contributed by atoms with Crippen LogP contribution in [0.25, 0.3) is 0 Å². The maximum absolute atomic E-state index is 12.5. The van der Waals surface area contributed by atoms with Gasteiger partial charge >= 0.3 is 0 Å². The Kier molecular flexibility index (Phi) is 9.57. The maximum Gasteiger partial charge on any atom is 0.223 e. The van der Waals surface area contributed by atoms with Crippen molar-refractivity contribution in [3.63, 3.8) is 0 Å². The van der Waals surface area contributed by atoms with Crippen molar-refractivity contribution in [2.24, 2.45) is 4.99 Å². The predicted octanol–water partition coefficient (Wildman–Crippen LogP) is 3.45. The number of halogens is 1. The van der Waals surface area contributed by atoms with Crippen LogP contribution in [0, 0.1) is 0 Å². The second kappa shape index (κ2) is 11.7. The number of rotatable bonds is 8. The molecule has 3 rings (SSSR count). The van der Waals surface area contributed by atoms with Crippen LogP contribution in [0.3, 0.4) is 0 Å². The van der Waals surface area contributed by atoms with Crippen LogP contribution >= 0.6 is 35.3 Å². The summed E-state index contributed by atoms with van der Waals surface area (Å²) in [6.07, 6.45) is 1.24. The topological polar surface area (TPSA) is 77.0 Å². The molecule has 1 aliphatic rings. The molecule has 8 heteroatoms. The van der Waals surface area contributed by atoms with Gasteiger partial charge in [0.05, 0.1) is 6.54 Å². The van der Waals surface area contributed by atoms with Gasteiger partial charge < -0.3 is 20.6 Å². The number of aliphatic imine (C=N–C) groups is 1.